The molecule has 3 aliphatic rings. The third-order valence-corrected chi connectivity index (χ3v) is 16.8. The largest absolute Gasteiger partial charge is 0.379 e. The van der Waals surface area contributed by atoms with Gasteiger partial charge in [-0.3, -0.25) is 0 Å². The summed E-state index contributed by atoms with van der Waals surface area (Å²) in [6.07, 6.45) is 0. The van der Waals surface area contributed by atoms with E-state index in [1.165, 1.54) is 127 Å². The number of para-hydroxylation sites is 1. The first-order valence-electron chi connectivity index (χ1n) is 26.3. The summed E-state index contributed by atoms with van der Waals surface area (Å²) in [5, 5.41) is 5.24. The summed E-state index contributed by atoms with van der Waals surface area (Å²) in [6.45, 7) is 40.3. The van der Waals surface area contributed by atoms with E-state index in [0.29, 0.717) is 0 Å². The predicted octanol–water partition coefficient (Wildman–Crippen LogP) is 16.4. The fourth-order valence-electron chi connectivity index (χ4n) is 12.7. The van der Waals surface area contributed by atoms with Crippen molar-refractivity contribution in [3.63, 3.8) is 0 Å². The average Bonchev–Trinajstić information content (AvgIpc) is 3.89. The number of aromatic nitrogens is 2. The maximum atomic E-state index is 2.81. The second kappa shape index (κ2) is 14.5. The van der Waals surface area contributed by atoms with Crippen molar-refractivity contribution in [3.05, 3.63) is 178 Å². The minimum Gasteiger partial charge on any atom is -0.379 e. The summed E-state index contributed by atoms with van der Waals surface area (Å²) in [5.41, 5.74) is 24.8. The van der Waals surface area contributed by atoms with Gasteiger partial charge in [-0.15, -0.1) is 0 Å². The number of hydrogen-bond acceptors (Lipinski definition) is 1. The van der Waals surface area contributed by atoms with E-state index in [9.17, 15) is 0 Å². The van der Waals surface area contributed by atoms with Gasteiger partial charge in [-0.25, -0.2) is 0 Å². The molecule has 0 unspecified atom stereocenters. The number of anilines is 1. The van der Waals surface area contributed by atoms with E-state index in [0.717, 1.165) is 0 Å². The Morgan fingerprint density at radius 1 is 0.423 bits per heavy atom. The van der Waals surface area contributed by atoms with Crippen LogP contribution in [0.1, 0.15) is 162 Å². The van der Waals surface area contributed by atoms with Gasteiger partial charge in [0.05, 0.1) is 22.1 Å². The Hall–Kier alpha value is -6.26. The second-order valence-electron chi connectivity index (χ2n) is 27.2. The number of benzene rings is 7. The monoisotopic (exact) mass is 930 g/mol. The lowest BCUT2D eigenvalue weighted by molar-refractivity contribution is 0.587. The first kappa shape index (κ1) is 45.9. The lowest BCUT2D eigenvalue weighted by Gasteiger charge is -2.46. The van der Waals surface area contributed by atoms with Crippen LogP contribution in [-0.2, 0) is 32.5 Å². The maximum Gasteiger partial charge on any atom is 0.332 e. The van der Waals surface area contributed by atoms with Gasteiger partial charge in [0.2, 0.25) is 0 Å². The van der Waals surface area contributed by atoms with E-state index in [1.54, 1.807) is 0 Å². The molecule has 71 heavy (non-hydrogen) atoms. The Balaban J connectivity index is 1.30. The van der Waals surface area contributed by atoms with E-state index < -0.39 is 0 Å². The fourth-order valence-corrected chi connectivity index (χ4v) is 12.7. The van der Waals surface area contributed by atoms with Crippen LogP contribution in [-0.4, -0.2) is 16.0 Å². The number of nitrogens with zero attached hydrogens (tertiary/aromatic N) is 3. The molecule has 9 aromatic rings. The van der Waals surface area contributed by atoms with Crippen molar-refractivity contribution < 1.29 is 0 Å². The smallest absolute Gasteiger partial charge is 0.332 e. The molecule has 4 heterocycles. The molecule has 7 aromatic carbocycles. The normalized spacial score (nSPS) is 15.7. The quantitative estimate of drug-likeness (QED) is 0.157. The molecule has 1 aliphatic carbocycles. The van der Waals surface area contributed by atoms with E-state index >= 15 is 0 Å². The van der Waals surface area contributed by atoms with Crippen LogP contribution in [0, 0.1) is 0 Å². The number of hydrogen-bond donors (Lipinski definition) is 0. The lowest BCUT2D eigenvalue weighted by atomic mass is 9.43. The molecule has 2 aliphatic heterocycles. The molecular weight excluding hydrogens is 858 g/mol. The summed E-state index contributed by atoms with van der Waals surface area (Å²) in [7, 11) is 0. The third kappa shape index (κ3) is 6.54. The summed E-state index contributed by atoms with van der Waals surface area (Å²) in [6, 6.07) is 50.7. The molecule has 12 rings (SSSR count). The average molecular weight is 930 g/mol. The van der Waals surface area contributed by atoms with Gasteiger partial charge in [0.25, 0.3) is 0 Å². The highest BCUT2D eigenvalue weighted by molar-refractivity contribution is 6.92. The molecule has 0 N–H and O–H groups in total. The Kier molecular flexibility index (Phi) is 9.34. The van der Waals surface area contributed by atoms with Crippen LogP contribution < -0.4 is 15.7 Å². The highest BCUT2D eigenvalue weighted by atomic mass is 15.1. The molecular formula is C67H72BN3. The number of fused-ring (bicyclic) bond motifs is 12. The maximum absolute atomic E-state index is 2.81. The van der Waals surface area contributed by atoms with Crippen molar-refractivity contribution in [2.24, 2.45) is 0 Å². The van der Waals surface area contributed by atoms with Gasteiger partial charge in [0, 0.05) is 55.3 Å². The van der Waals surface area contributed by atoms with Gasteiger partial charge >= 0.3 is 6.85 Å². The predicted molar refractivity (Wildman–Crippen MR) is 308 cm³/mol. The van der Waals surface area contributed by atoms with Crippen molar-refractivity contribution in [1.29, 1.82) is 0 Å². The van der Waals surface area contributed by atoms with Gasteiger partial charge in [-0.1, -0.05) is 190 Å². The van der Waals surface area contributed by atoms with Gasteiger partial charge in [0.15, 0.2) is 0 Å². The van der Waals surface area contributed by atoms with Crippen LogP contribution in [0.2, 0.25) is 0 Å². The molecule has 0 saturated heterocycles. The van der Waals surface area contributed by atoms with Crippen molar-refractivity contribution in [2.45, 2.75) is 150 Å². The standard InChI is InChI=1S/C67H72BN3/c1-62(2,3)39-23-27-45(28-24-39)71-61-56(48-34-40(63(4,5)6)25-30-51(48)67(61,16)17)49-35-43(66(13,14)15)38-55-58(49)68(71)52-37-42(65(10,11)12)36-50-57-54(70(55)59(50)52)32-29-46-47-33-41(64(7,8)9)26-31-53(47)69(60(46)57)44-21-19-18-20-22-44/h18-38H,1-17H3. The van der Waals surface area contributed by atoms with Crippen LogP contribution in [0.3, 0.4) is 0 Å². The number of rotatable bonds is 2. The Morgan fingerprint density at radius 2 is 0.972 bits per heavy atom. The topological polar surface area (TPSA) is 13.1 Å². The number of allylic oxidation sites excluding steroid dienone is 1. The molecule has 0 fully saturated rings. The van der Waals surface area contributed by atoms with Crippen LogP contribution in [0.15, 0.2) is 133 Å². The minimum atomic E-state index is -0.293. The van der Waals surface area contributed by atoms with Gasteiger partial charge in [-0.2, -0.15) is 0 Å². The summed E-state index contributed by atoms with van der Waals surface area (Å²) >= 11 is 0. The van der Waals surface area contributed by atoms with E-state index in [4.69, 9.17) is 0 Å². The first-order valence-corrected chi connectivity index (χ1v) is 26.3. The molecule has 0 atom stereocenters. The zero-order chi connectivity index (χ0) is 50.4. The third-order valence-electron chi connectivity index (χ3n) is 16.8. The van der Waals surface area contributed by atoms with Crippen molar-refractivity contribution in [2.75, 3.05) is 4.81 Å². The molecule has 2 aromatic heterocycles. The molecule has 4 heteroatoms. The zero-order valence-electron chi connectivity index (χ0n) is 45.5. The summed E-state index contributed by atoms with van der Waals surface area (Å²) in [4.78, 5) is 2.81. The second-order valence-corrected chi connectivity index (χ2v) is 27.2. The van der Waals surface area contributed by atoms with Crippen LogP contribution in [0.25, 0.3) is 60.6 Å². The minimum absolute atomic E-state index is 0.00529. The SMILES string of the molecule is CC(C)(C)c1ccc(N2B3c4c(cc(C(C)(C)C)cc4-n4c5ccc6c7cc(C(C)(C)C)ccc7n(-c7ccccc7)c6c5c5cc(C(C)(C)C)cc3c54)C3=C2C(C)(C)c2ccc(C(C)(C)C)cc23)cc1. The highest BCUT2D eigenvalue weighted by Crippen LogP contribution is 2.56. The van der Waals surface area contributed by atoms with Crippen LogP contribution in [0.4, 0.5) is 5.69 Å². The molecule has 3 nitrogen and oxygen atoms in total. The van der Waals surface area contributed by atoms with Gasteiger partial charge < -0.3 is 13.9 Å². The van der Waals surface area contributed by atoms with Crippen LogP contribution in [0.5, 0.6) is 0 Å². The van der Waals surface area contributed by atoms with E-state index in [1.807, 2.05) is 0 Å². The van der Waals surface area contributed by atoms with Crippen LogP contribution >= 0.6 is 0 Å². The van der Waals surface area contributed by atoms with Crippen molar-refractivity contribution >= 4 is 72.6 Å². The van der Waals surface area contributed by atoms with Crippen molar-refractivity contribution in [1.82, 2.24) is 9.13 Å². The summed E-state index contributed by atoms with van der Waals surface area (Å²) in [5.74, 6) is 0. The van der Waals surface area contributed by atoms with E-state index in [-0.39, 0.29) is 39.3 Å². The first-order chi connectivity index (χ1) is 33.2. The highest BCUT2D eigenvalue weighted by Gasteiger charge is 2.53. The zero-order valence-corrected chi connectivity index (χ0v) is 45.5. The molecule has 0 radical (unpaired) electrons. The van der Waals surface area contributed by atoms with E-state index in [2.05, 4.69) is 259 Å². The Labute approximate surface area is 423 Å². The van der Waals surface area contributed by atoms with Gasteiger partial charge in [-0.05, 0) is 137 Å². The molecule has 0 spiro atoms. The Morgan fingerprint density at radius 3 is 1.61 bits per heavy atom. The Bertz CT molecular complexity index is 3780. The van der Waals surface area contributed by atoms with Gasteiger partial charge in [0.1, 0.15) is 0 Å². The van der Waals surface area contributed by atoms with Crippen molar-refractivity contribution in [3.8, 4) is 11.4 Å². The summed E-state index contributed by atoms with van der Waals surface area (Å²) < 4.78 is 5.28. The lowest BCUT2D eigenvalue weighted by Crippen LogP contribution is -2.64. The molecule has 0 amide bonds. The molecule has 0 bridgehead atoms. The molecule has 358 valence electrons. The fraction of sp³-hybridized carbons (Fsp3) is 0.343. The molecule has 0 saturated carbocycles.